The van der Waals surface area contributed by atoms with E-state index in [1.807, 2.05) is 19.2 Å². The van der Waals surface area contributed by atoms with Gasteiger partial charge < -0.3 is 6.15 Å². The number of rotatable bonds is 1. The molecular weight excluding hydrogens is 136 g/mol. The fraction of sp³-hybridized carbons (Fsp3) is 0.222. The van der Waals surface area contributed by atoms with Crippen LogP contribution in [0.4, 0.5) is 0 Å². The predicted molar refractivity (Wildman–Crippen MR) is 48.6 cm³/mol. The Morgan fingerprint density at radius 1 is 1.55 bits per heavy atom. The topological polar surface area (TPSA) is 47.9 Å². The Kier molecular flexibility index (Phi) is 4.15. The van der Waals surface area contributed by atoms with Crippen molar-refractivity contribution in [1.82, 2.24) is 11.1 Å². The second-order valence-corrected chi connectivity index (χ2v) is 2.21. The summed E-state index contributed by atoms with van der Waals surface area (Å²) in [7, 11) is 0. The first kappa shape index (κ1) is 9.85. The van der Waals surface area contributed by atoms with Crippen molar-refractivity contribution >= 4 is 5.57 Å². The number of allylic oxidation sites excluding steroid dienone is 2. The normalized spacial score (nSPS) is 10.5. The maximum absolute atomic E-state index is 4.01. The molecule has 0 unspecified atom stereocenters. The molecule has 1 aromatic heterocycles. The van der Waals surface area contributed by atoms with Crippen molar-refractivity contribution in [1.29, 1.82) is 0 Å². The van der Waals surface area contributed by atoms with Crippen molar-refractivity contribution < 1.29 is 0 Å². The van der Waals surface area contributed by atoms with Crippen molar-refractivity contribution in [2.24, 2.45) is 0 Å². The Hall–Kier alpha value is -1.15. The third-order valence-corrected chi connectivity index (χ3v) is 1.55. The molecule has 1 heterocycles. The van der Waals surface area contributed by atoms with Crippen molar-refractivity contribution in [3.8, 4) is 0 Å². The molecule has 0 fully saturated rings. The lowest BCUT2D eigenvalue weighted by atomic mass is 10.1. The highest BCUT2D eigenvalue weighted by atomic mass is 14.6. The van der Waals surface area contributed by atoms with E-state index in [0.29, 0.717) is 0 Å². The first-order valence-electron chi connectivity index (χ1n) is 3.38. The van der Waals surface area contributed by atoms with Crippen LogP contribution in [-0.2, 0) is 0 Å². The van der Waals surface area contributed by atoms with Gasteiger partial charge in [-0.3, -0.25) is 4.98 Å². The second kappa shape index (κ2) is 4.63. The fourth-order valence-corrected chi connectivity index (χ4v) is 0.763. The molecule has 0 saturated carbocycles. The maximum atomic E-state index is 4.01. The van der Waals surface area contributed by atoms with Crippen LogP contribution in [0.25, 0.3) is 5.57 Å². The van der Waals surface area contributed by atoms with Crippen LogP contribution in [-0.4, -0.2) is 4.98 Å². The molecule has 1 aromatic rings. The molecule has 3 N–H and O–H groups in total. The molecular formula is C9H14N2. The van der Waals surface area contributed by atoms with E-state index >= 15 is 0 Å². The minimum atomic E-state index is 0. The van der Waals surface area contributed by atoms with E-state index in [1.54, 1.807) is 6.20 Å². The highest BCUT2D eigenvalue weighted by Crippen LogP contribution is 2.09. The monoisotopic (exact) mass is 150 g/mol. The SMILES string of the molecule is CC=C(C)c1cccnc1.N. The van der Waals surface area contributed by atoms with Gasteiger partial charge in [0.1, 0.15) is 0 Å². The quantitative estimate of drug-likeness (QED) is 0.669. The molecule has 1 rings (SSSR count). The van der Waals surface area contributed by atoms with Gasteiger partial charge in [0.15, 0.2) is 0 Å². The van der Waals surface area contributed by atoms with E-state index in [2.05, 4.69) is 24.1 Å². The number of pyridine rings is 1. The van der Waals surface area contributed by atoms with Crippen molar-refractivity contribution in [3.63, 3.8) is 0 Å². The Morgan fingerprint density at radius 2 is 2.27 bits per heavy atom. The predicted octanol–water partition coefficient (Wildman–Crippen LogP) is 2.67. The lowest BCUT2D eigenvalue weighted by Crippen LogP contribution is -1.78. The van der Waals surface area contributed by atoms with Crippen LogP contribution in [0.15, 0.2) is 30.6 Å². The minimum Gasteiger partial charge on any atom is -0.344 e. The molecule has 0 aliphatic heterocycles. The van der Waals surface area contributed by atoms with E-state index in [4.69, 9.17) is 0 Å². The highest BCUT2D eigenvalue weighted by molar-refractivity contribution is 5.62. The van der Waals surface area contributed by atoms with Crippen molar-refractivity contribution in [3.05, 3.63) is 36.2 Å². The van der Waals surface area contributed by atoms with E-state index in [-0.39, 0.29) is 6.15 Å². The Morgan fingerprint density at radius 3 is 2.73 bits per heavy atom. The largest absolute Gasteiger partial charge is 0.344 e. The van der Waals surface area contributed by atoms with Crippen LogP contribution in [0, 0.1) is 0 Å². The van der Waals surface area contributed by atoms with Crippen LogP contribution < -0.4 is 6.15 Å². The first-order valence-corrected chi connectivity index (χ1v) is 3.38. The molecule has 2 heteroatoms. The van der Waals surface area contributed by atoms with Crippen molar-refractivity contribution in [2.45, 2.75) is 13.8 Å². The zero-order valence-electron chi connectivity index (χ0n) is 7.04. The Balaban J connectivity index is 0.000001000. The third-order valence-electron chi connectivity index (χ3n) is 1.55. The molecule has 0 amide bonds. The van der Waals surface area contributed by atoms with Gasteiger partial charge in [0.05, 0.1) is 0 Å². The zero-order chi connectivity index (χ0) is 7.40. The second-order valence-electron chi connectivity index (χ2n) is 2.21. The molecule has 0 spiro atoms. The summed E-state index contributed by atoms with van der Waals surface area (Å²) in [5.41, 5.74) is 2.47. The van der Waals surface area contributed by atoms with E-state index < -0.39 is 0 Å². The maximum Gasteiger partial charge on any atom is 0.0342 e. The summed E-state index contributed by atoms with van der Waals surface area (Å²) in [5, 5.41) is 0. The average molecular weight is 150 g/mol. The molecule has 2 nitrogen and oxygen atoms in total. The molecule has 60 valence electrons. The third kappa shape index (κ3) is 2.51. The summed E-state index contributed by atoms with van der Waals surface area (Å²) < 4.78 is 0. The number of aromatic nitrogens is 1. The smallest absolute Gasteiger partial charge is 0.0342 e. The van der Waals surface area contributed by atoms with Gasteiger partial charge >= 0.3 is 0 Å². The summed E-state index contributed by atoms with van der Waals surface area (Å²) >= 11 is 0. The number of hydrogen-bond acceptors (Lipinski definition) is 2. The summed E-state index contributed by atoms with van der Waals surface area (Å²) in [4.78, 5) is 4.01. The van der Waals surface area contributed by atoms with Gasteiger partial charge in [0.2, 0.25) is 0 Å². The minimum absolute atomic E-state index is 0. The average Bonchev–Trinajstić information content (AvgIpc) is 2.05. The standard InChI is InChI=1S/C9H11N.H3N/c1-3-8(2)9-5-4-6-10-7-9;/h3-7H,1-2H3;1H3. The molecule has 0 radical (unpaired) electrons. The summed E-state index contributed by atoms with van der Waals surface area (Å²) in [6.45, 7) is 4.11. The summed E-state index contributed by atoms with van der Waals surface area (Å²) in [5.74, 6) is 0. The lowest BCUT2D eigenvalue weighted by molar-refractivity contribution is 1.30. The molecule has 0 bridgehead atoms. The van der Waals surface area contributed by atoms with Gasteiger partial charge in [-0.15, -0.1) is 0 Å². The molecule has 0 aromatic carbocycles. The van der Waals surface area contributed by atoms with Crippen molar-refractivity contribution in [2.75, 3.05) is 0 Å². The summed E-state index contributed by atoms with van der Waals surface area (Å²) in [6, 6.07) is 4.00. The Bertz CT molecular complexity index is 227. The molecule has 0 aliphatic rings. The van der Waals surface area contributed by atoms with Gasteiger partial charge in [0, 0.05) is 12.4 Å². The summed E-state index contributed by atoms with van der Waals surface area (Å²) in [6.07, 6.45) is 5.73. The van der Waals surface area contributed by atoms with Gasteiger partial charge in [-0.2, -0.15) is 0 Å². The van der Waals surface area contributed by atoms with Gasteiger partial charge in [-0.1, -0.05) is 12.1 Å². The first-order chi connectivity index (χ1) is 4.84. The fourth-order valence-electron chi connectivity index (χ4n) is 0.763. The molecule has 0 saturated heterocycles. The zero-order valence-corrected chi connectivity index (χ0v) is 7.04. The number of nitrogens with zero attached hydrogens (tertiary/aromatic N) is 1. The van der Waals surface area contributed by atoms with E-state index in [1.165, 1.54) is 11.1 Å². The Labute approximate surface area is 67.6 Å². The molecule has 0 atom stereocenters. The highest BCUT2D eigenvalue weighted by Gasteiger charge is 1.89. The van der Waals surface area contributed by atoms with Crippen LogP contribution in [0.3, 0.4) is 0 Å². The van der Waals surface area contributed by atoms with Gasteiger partial charge in [-0.05, 0) is 31.1 Å². The van der Waals surface area contributed by atoms with Crippen LogP contribution in [0.2, 0.25) is 0 Å². The lowest BCUT2D eigenvalue weighted by Gasteiger charge is -1.96. The number of hydrogen-bond donors (Lipinski definition) is 1. The van der Waals surface area contributed by atoms with E-state index in [9.17, 15) is 0 Å². The van der Waals surface area contributed by atoms with Gasteiger partial charge in [0.25, 0.3) is 0 Å². The molecule has 0 aliphatic carbocycles. The van der Waals surface area contributed by atoms with Crippen LogP contribution >= 0.6 is 0 Å². The van der Waals surface area contributed by atoms with E-state index in [0.717, 1.165) is 0 Å². The van der Waals surface area contributed by atoms with Crippen LogP contribution in [0.1, 0.15) is 19.4 Å². The van der Waals surface area contributed by atoms with Crippen LogP contribution in [0.5, 0.6) is 0 Å². The van der Waals surface area contributed by atoms with Gasteiger partial charge in [-0.25, -0.2) is 0 Å². The molecule has 11 heavy (non-hydrogen) atoms.